The molecule has 35 heavy (non-hydrogen) atoms. The van der Waals surface area contributed by atoms with Crippen LogP contribution in [0.4, 0.5) is 8.78 Å². The van der Waals surface area contributed by atoms with E-state index in [4.69, 9.17) is 9.41 Å². The van der Waals surface area contributed by atoms with E-state index < -0.39 is 14.1 Å². The Balaban J connectivity index is 1.55. The average Bonchev–Trinajstić information content (AvgIpc) is 2.69. The minimum atomic E-state index is -2.13. The van der Waals surface area contributed by atoms with Gasteiger partial charge in [0.2, 0.25) is 0 Å². The van der Waals surface area contributed by atoms with Crippen molar-refractivity contribution in [3.8, 4) is 0 Å². The van der Waals surface area contributed by atoms with Crippen molar-refractivity contribution in [2.75, 3.05) is 0 Å². The number of nitrogens with zero attached hydrogens (tertiary/aromatic N) is 2. The summed E-state index contributed by atoms with van der Waals surface area (Å²) in [6.45, 7) is 12.8. The Labute approximate surface area is 206 Å². The minimum absolute atomic E-state index is 0.000378. The van der Waals surface area contributed by atoms with Gasteiger partial charge in [-0.1, -0.05) is 32.9 Å². The van der Waals surface area contributed by atoms with E-state index in [-0.39, 0.29) is 38.7 Å². The SMILES string of the molecule is CC(O[Si](C)(C)C(C)(C)C)c1cc(F)cc2c(=O)n(C)c(C34CC(c5ccc(F)cc5)(C3)C4)nc12. The number of fused-ring (bicyclic) bond motifs is 1. The van der Waals surface area contributed by atoms with Gasteiger partial charge in [-0.3, -0.25) is 9.36 Å². The molecule has 3 fully saturated rings. The molecular weight excluding hydrogens is 462 g/mol. The van der Waals surface area contributed by atoms with Gasteiger partial charge in [0.25, 0.3) is 5.56 Å². The van der Waals surface area contributed by atoms with Gasteiger partial charge in [0.1, 0.15) is 17.5 Å². The maximum Gasteiger partial charge on any atom is 0.261 e. The van der Waals surface area contributed by atoms with E-state index in [2.05, 4.69) is 33.9 Å². The molecule has 1 heterocycles. The van der Waals surface area contributed by atoms with Crippen molar-refractivity contribution >= 4 is 19.2 Å². The van der Waals surface area contributed by atoms with Crippen LogP contribution in [0, 0.1) is 11.6 Å². The third-order valence-corrected chi connectivity index (χ3v) is 13.4. The molecule has 186 valence electrons. The highest BCUT2D eigenvalue weighted by atomic mass is 28.4. The Bertz CT molecular complexity index is 1370. The molecule has 7 heteroatoms. The molecule has 3 aliphatic rings. The third kappa shape index (κ3) is 3.61. The molecule has 0 radical (unpaired) electrons. The molecule has 0 N–H and O–H groups in total. The van der Waals surface area contributed by atoms with Crippen LogP contribution in [0.15, 0.2) is 41.2 Å². The first-order chi connectivity index (χ1) is 16.2. The lowest BCUT2D eigenvalue weighted by molar-refractivity contribution is -0.0777. The highest BCUT2D eigenvalue weighted by Crippen LogP contribution is 2.73. The molecule has 1 atom stereocenters. The van der Waals surface area contributed by atoms with Crippen LogP contribution in [0.5, 0.6) is 0 Å². The fourth-order valence-corrected chi connectivity index (χ4v) is 7.33. The van der Waals surface area contributed by atoms with Gasteiger partial charge in [-0.2, -0.15) is 0 Å². The van der Waals surface area contributed by atoms with Crippen LogP contribution in [0.3, 0.4) is 0 Å². The standard InChI is InChI=1S/C28H34F2N2O2Si/c1-17(34-35(6,7)26(2,3)4)21-12-20(30)13-22-23(21)31-25(32(5)24(22)33)28-14-27(15-28,16-28)18-8-10-19(29)11-9-18/h8-13,17H,14-16H2,1-7H3. The van der Waals surface area contributed by atoms with Gasteiger partial charge in [-0.15, -0.1) is 0 Å². The zero-order chi connectivity index (χ0) is 25.6. The fourth-order valence-electron chi connectivity index (χ4n) is 5.97. The normalized spacial score (nSPS) is 24.7. The molecule has 3 saturated carbocycles. The van der Waals surface area contributed by atoms with Crippen LogP contribution in [-0.4, -0.2) is 17.9 Å². The van der Waals surface area contributed by atoms with Gasteiger partial charge in [0.05, 0.1) is 17.0 Å². The summed E-state index contributed by atoms with van der Waals surface area (Å²) in [4.78, 5) is 18.4. The molecule has 0 amide bonds. The Morgan fingerprint density at radius 1 is 1.03 bits per heavy atom. The Morgan fingerprint density at radius 3 is 2.20 bits per heavy atom. The van der Waals surface area contributed by atoms with Gasteiger partial charge in [0.15, 0.2) is 8.32 Å². The monoisotopic (exact) mass is 496 g/mol. The summed E-state index contributed by atoms with van der Waals surface area (Å²) in [5.74, 6) is 0.0689. The maximum atomic E-state index is 14.7. The van der Waals surface area contributed by atoms with Crippen LogP contribution < -0.4 is 5.56 Å². The predicted octanol–water partition coefficient (Wildman–Crippen LogP) is 6.67. The van der Waals surface area contributed by atoms with Crippen molar-refractivity contribution < 1.29 is 13.2 Å². The van der Waals surface area contributed by atoms with Crippen LogP contribution in [0.2, 0.25) is 18.1 Å². The van der Waals surface area contributed by atoms with Crippen molar-refractivity contribution in [3.63, 3.8) is 0 Å². The molecule has 1 unspecified atom stereocenters. The Kier molecular flexibility index (Phi) is 5.25. The molecule has 2 bridgehead atoms. The third-order valence-electron chi connectivity index (χ3n) is 8.85. The summed E-state index contributed by atoms with van der Waals surface area (Å²) < 4.78 is 36.3. The van der Waals surface area contributed by atoms with E-state index >= 15 is 0 Å². The molecule has 3 aliphatic carbocycles. The molecule has 0 spiro atoms. The number of benzene rings is 2. The second-order valence-electron chi connectivity index (χ2n) is 12.3. The molecule has 1 aromatic heterocycles. The van der Waals surface area contributed by atoms with E-state index in [0.29, 0.717) is 11.1 Å². The lowest BCUT2D eigenvalue weighted by atomic mass is 9.33. The summed E-state index contributed by atoms with van der Waals surface area (Å²) in [5.41, 5.74) is 1.94. The van der Waals surface area contributed by atoms with E-state index in [9.17, 15) is 13.6 Å². The zero-order valence-corrected chi connectivity index (χ0v) is 22.6. The van der Waals surface area contributed by atoms with E-state index in [1.54, 1.807) is 11.6 Å². The number of hydrogen-bond donors (Lipinski definition) is 0. The zero-order valence-electron chi connectivity index (χ0n) is 21.6. The minimum Gasteiger partial charge on any atom is -0.410 e. The van der Waals surface area contributed by atoms with E-state index in [0.717, 1.165) is 30.7 Å². The molecular formula is C28H34F2N2O2Si. The molecule has 4 nitrogen and oxygen atoms in total. The first-order valence-corrected chi connectivity index (χ1v) is 15.2. The van der Waals surface area contributed by atoms with Gasteiger partial charge in [0, 0.05) is 18.0 Å². The summed E-state index contributed by atoms with van der Waals surface area (Å²) in [6, 6.07) is 9.52. The Hall–Kier alpha value is -2.38. The van der Waals surface area contributed by atoms with Crippen molar-refractivity contribution in [1.29, 1.82) is 0 Å². The number of hydrogen-bond acceptors (Lipinski definition) is 3. The number of halogens is 2. The fraction of sp³-hybridized carbons (Fsp3) is 0.500. The average molecular weight is 497 g/mol. The number of aromatic nitrogens is 2. The van der Waals surface area contributed by atoms with Gasteiger partial charge in [-0.25, -0.2) is 13.8 Å². The van der Waals surface area contributed by atoms with E-state index in [1.165, 1.54) is 24.3 Å². The van der Waals surface area contributed by atoms with E-state index in [1.807, 2.05) is 19.1 Å². The van der Waals surface area contributed by atoms with Crippen LogP contribution in [0.1, 0.15) is 70.0 Å². The van der Waals surface area contributed by atoms with Crippen LogP contribution >= 0.6 is 0 Å². The molecule has 6 rings (SSSR count). The van der Waals surface area contributed by atoms with Crippen molar-refractivity contribution in [2.45, 2.75) is 82.0 Å². The molecule has 0 saturated heterocycles. The predicted molar refractivity (Wildman–Crippen MR) is 137 cm³/mol. The second-order valence-corrected chi connectivity index (χ2v) is 17.1. The summed E-state index contributed by atoms with van der Waals surface area (Å²) >= 11 is 0. The lowest BCUT2D eigenvalue weighted by Crippen LogP contribution is -2.68. The highest BCUT2D eigenvalue weighted by Gasteiger charge is 2.70. The summed E-state index contributed by atoms with van der Waals surface area (Å²) in [5, 5.41) is 0.288. The highest BCUT2D eigenvalue weighted by molar-refractivity contribution is 6.74. The van der Waals surface area contributed by atoms with Gasteiger partial charge >= 0.3 is 0 Å². The Morgan fingerprint density at radius 2 is 1.63 bits per heavy atom. The topological polar surface area (TPSA) is 44.1 Å². The quantitative estimate of drug-likeness (QED) is 0.371. The molecule has 3 aromatic rings. The second kappa shape index (κ2) is 7.56. The maximum absolute atomic E-state index is 14.7. The molecule has 2 aromatic carbocycles. The number of rotatable bonds is 5. The van der Waals surface area contributed by atoms with Crippen molar-refractivity contribution in [3.05, 3.63) is 75.3 Å². The largest absolute Gasteiger partial charge is 0.410 e. The summed E-state index contributed by atoms with van der Waals surface area (Å²) in [7, 11) is -0.399. The van der Waals surface area contributed by atoms with Crippen molar-refractivity contribution in [1.82, 2.24) is 9.55 Å². The first kappa shape index (κ1) is 24.3. The first-order valence-electron chi connectivity index (χ1n) is 12.3. The van der Waals surface area contributed by atoms with Gasteiger partial charge < -0.3 is 4.43 Å². The van der Waals surface area contributed by atoms with Crippen LogP contribution in [-0.2, 0) is 22.3 Å². The van der Waals surface area contributed by atoms with Crippen molar-refractivity contribution in [2.24, 2.45) is 7.05 Å². The van der Waals surface area contributed by atoms with Crippen LogP contribution in [0.25, 0.3) is 10.9 Å². The lowest BCUT2D eigenvalue weighted by Gasteiger charge is -2.70. The molecule has 0 aliphatic heterocycles. The summed E-state index contributed by atoms with van der Waals surface area (Å²) in [6.07, 6.45) is 2.25. The smallest absolute Gasteiger partial charge is 0.261 e. The van der Waals surface area contributed by atoms with Gasteiger partial charge in [-0.05, 0) is 79.6 Å².